The van der Waals surface area contributed by atoms with E-state index < -0.39 is 0 Å². The number of hydrogen-bond donors (Lipinski definition) is 2. The molecule has 1 aliphatic heterocycles. The van der Waals surface area contributed by atoms with Gasteiger partial charge in [0.1, 0.15) is 12.1 Å². The van der Waals surface area contributed by atoms with Gasteiger partial charge in [0.05, 0.1) is 6.04 Å². The maximum atomic E-state index is 12.6. The maximum absolute atomic E-state index is 12.6. The molecule has 0 saturated carbocycles. The van der Waals surface area contributed by atoms with Crippen LogP contribution in [0.15, 0.2) is 24.3 Å². The van der Waals surface area contributed by atoms with E-state index in [0.29, 0.717) is 6.42 Å². The minimum atomic E-state index is -0.244. The van der Waals surface area contributed by atoms with Crippen molar-refractivity contribution < 1.29 is 9.18 Å². The van der Waals surface area contributed by atoms with Gasteiger partial charge in [-0.25, -0.2) is 15.2 Å². The Morgan fingerprint density at radius 1 is 1.29 bits per heavy atom. The highest BCUT2D eigenvalue weighted by atomic mass is 19.1. The van der Waals surface area contributed by atoms with Crippen LogP contribution in [0.5, 0.6) is 0 Å². The summed E-state index contributed by atoms with van der Waals surface area (Å²) in [6.07, 6.45) is 1.58. The van der Waals surface area contributed by atoms with Gasteiger partial charge in [-0.05, 0) is 24.1 Å². The SMILES string of the molecule is O=CC1CC(c2ccc(F)cc2)NN1. The molecular weight excluding hydrogens is 183 g/mol. The molecule has 4 heteroatoms. The quantitative estimate of drug-likeness (QED) is 0.688. The second-order valence-electron chi connectivity index (χ2n) is 3.37. The standard InChI is InChI=1S/C10H11FN2O/c11-8-3-1-7(2-4-8)10-5-9(6-14)12-13-10/h1-4,6,9-10,12-13H,5H2. The van der Waals surface area contributed by atoms with E-state index in [1.807, 2.05) is 0 Å². The van der Waals surface area contributed by atoms with Gasteiger partial charge in [0.25, 0.3) is 0 Å². The van der Waals surface area contributed by atoms with E-state index in [2.05, 4.69) is 10.9 Å². The highest BCUT2D eigenvalue weighted by Crippen LogP contribution is 2.21. The lowest BCUT2D eigenvalue weighted by Crippen LogP contribution is -2.31. The summed E-state index contributed by atoms with van der Waals surface area (Å²) in [6, 6.07) is 6.23. The minimum Gasteiger partial charge on any atom is -0.302 e. The van der Waals surface area contributed by atoms with Crippen LogP contribution in [0.2, 0.25) is 0 Å². The Morgan fingerprint density at radius 2 is 2.00 bits per heavy atom. The van der Waals surface area contributed by atoms with Crippen LogP contribution in [0.1, 0.15) is 18.0 Å². The third kappa shape index (κ3) is 1.81. The Morgan fingerprint density at radius 3 is 2.57 bits per heavy atom. The molecule has 1 fully saturated rings. The molecule has 0 aliphatic carbocycles. The number of halogens is 1. The van der Waals surface area contributed by atoms with Gasteiger partial charge in [0.2, 0.25) is 0 Å². The molecule has 0 amide bonds. The van der Waals surface area contributed by atoms with Crippen molar-refractivity contribution in [2.45, 2.75) is 18.5 Å². The van der Waals surface area contributed by atoms with Crippen LogP contribution in [0, 0.1) is 5.82 Å². The summed E-state index contributed by atoms with van der Waals surface area (Å²) in [6.45, 7) is 0. The highest BCUT2D eigenvalue weighted by Gasteiger charge is 2.23. The van der Waals surface area contributed by atoms with Crippen LogP contribution in [0.3, 0.4) is 0 Å². The number of benzene rings is 1. The lowest BCUT2D eigenvalue weighted by molar-refractivity contribution is -0.109. The molecule has 2 N–H and O–H groups in total. The fourth-order valence-corrected chi connectivity index (χ4v) is 1.58. The van der Waals surface area contributed by atoms with E-state index >= 15 is 0 Å². The van der Waals surface area contributed by atoms with Crippen molar-refractivity contribution in [2.24, 2.45) is 0 Å². The summed E-state index contributed by atoms with van der Waals surface area (Å²) >= 11 is 0. The zero-order valence-electron chi connectivity index (χ0n) is 7.53. The van der Waals surface area contributed by atoms with Crippen molar-refractivity contribution in [1.29, 1.82) is 0 Å². The first-order chi connectivity index (χ1) is 6.79. The molecule has 0 aromatic heterocycles. The monoisotopic (exact) mass is 194 g/mol. The van der Waals surface area contributed by atoms with Crippen LogP contribution in [0.4, 0.5) is 4.39 Å². The number of nitrogens with one attached hydrogen (secondary N) is 2. The Labute approximate surface area is 81.3 Å². The fraction of sp³-hybridized carbons (Fsp3) is 0.300. The first kappa shape index (κ1) is 9.30. The van der Waals surface area contributed by atoms with Crippen molar-refractivity contribution in [3.8, 4) is 0 Å². The predicted octanol–water partition coefficient (Wildman–Crippen LogP) is 0.932. The smallest absolute Gasteiger partial charge is 0.138 e. The molecule has 1 heterocycles. The number of carbonyl (C=O) groups is 1. The molecule has 0 spiro atoms. The van der Waals surface area contributed by atoms with Gasteiger partial charge >= 0.3 is 0 Å². The van der Waals surface area contributed by atoms with E-state index in [0.717, 1.165) is 11.8 Å². The molecule has 1 aromatic rings. The molecule has 0 bridgehead atoms. The normalized spacial score (nSPS) is 26.4. The summed E-state index contributed by atoms with van der Waals surface area (Å²) in [5.74, 6) is -0.244. The van der Waals surface area contributed by atoms with Gasteiger partial charge < -0.3 is 4.79 Å². The van der Waals surface area contributed by atoms with Crippen molar-refractivity contribution in [3.63, 3.8) is 0 Å². The molecule has 2 unspecified atom stereocenters. The first-order valence-electron chi connectivity index (χ1n) is 4.51. The second kappa shape index (κ2) is 3.86. The average Bonchev–Trinajstić information content (AvgIpc) is 2.67. The number of hydrazine groups is 1. The molecule has 74 valence electrons. The second-order valence-corrected chi connectivity index (χ2v) is 3.37. The van der Waals surface area contributed by atoms with Gasteiger partial charge in [0.15, 0.2) is 0 Å². The number of aldehydes is 1. The third-order valence-electron chi connectivity index (χ3n) is 2.37. The van der Waals surface area contributed by atoms with Crippen LogP contribution in [-0.2, 0) is 4.79 Å². The van der Waals surface area contributed by atoms with Crippen molar-refractivity contribution >= 4 is 6.29 Å². The Hall–Kier alpha value is -1.26. The van der Waals surface area contributed by atoms with Crippen LogP contribution < -0.4 is 10.9 Å². The zero-order valence-corrected chi connectivity index (χ0v) is 7.53. The summed E-state index contributed by atoms with van der Waals surface area (Å²) in [7, 11) is 0. The fourth-order valence-electron chi connectivity index (χ4n) is 1.58. The topological polar surface area (TPSA) is 41.1 Å². The highest BCUT2D eigenvalue weighted by molar-refractivity contribution is 5.58. The Balaban J connectivity index is 2.09. The van der Waals surface area contributed by atoms with Crippen LogP contribution >= 0.6 is 0 Å². The van der Waals surface area contributed by atoms with E-state index in [9.17, 15) is 9.18 Å². The van der Waals surface area contributed by atoms with E-state index in [1.54, 1.807) is 12.1 Å². The number of hydrogen-bond acceptors (Lipinski definition) is 3. The molecule has 2 atom stereocenters. The van der Waals surface area contributed by atoms with Crippen LogP contribution in [-0.4, -0.2) is 12.3 Å². The Bertz CT molecular complexity index is 325. The first-order valence-corrected chi connectivity index (χ1v) is 4.51. The summed E-state index contributed by atoms with van der Waals surface area (Å²) in [5, 5.41) is 0. The van der Waals surface area contributed by atoms with Gasteiger partial charge in [-0.1, -0.05) is 12.1 Å². The summed E-state index contributed by atoms with van der Waals surface area (Å²) in [5.41, 5.74) is 6.84. The molecule has 14 heavy (non-hydrogen) atoms. The third-order valence-corrected chi connectivity index (χ3v) is 2.37. The van der Waals surface area contributed by atoms with Gasteiger partial charge in [-0.3, -0.25) is 0 Å². The summed E-state index contributed by atoms with van der Waals surface area (Å²) < 4.78 is 12.6. The molecule has 3 nitrogen and oxygen atoms in total. The van der Waals surface area contributed by atoms with E-state index in [4.69, 9.17) is 0 Å². The van der Waals surface area contributed by atoms with E-state index in [-0.39, 0.29) is 17.9 Å². The van der Waals surface area contributed by atoms with Gasteiger partial charge in [-0.15, -0.1) is 0 Å². The van der Waals surface area contributed by atoms with Gasteiger partial charge in [0, 0.05) is 6.04 Å². The summed E-state index contributed by atoms with van der Waals surface area (Å²) in [4.78, 5) is 10.5. The maximum Gasteiger partial charge on any atom is 0.138 e. The number of carbonyl (C=O) groups excluding carboxylic acids is 1. The molecule has 1 aromatic carbocycles. The lowest BCUT2D eigenvalue weighted by atomic mass is 10.0. The minimum absolute atomic E-state index is 0.0887. The zero-order chi connectivity index (χ0) is 9.97. The van der Waals surface area contributed by atoms with Gasteiger partial charge in [-0.2, -0.15) is 0 Å². The van der Waals surface area contributed by atoms with Crippen molar-refractivity contribution in [2.75, 3.05) is 0 Å². The molecule has 2 rings (SSSR count). The van der Waals surface area contributed by atoms with Crippen molar-refractivity contribution in [3.05, 3.63) is 35.6 Å². The largest absolute Gasteiger partial charge is 0.302 e. The number of rotatable bonds is 2. The predicted molar refractivity (Wildman–Crippen MR) is 49.9 cm³/mol. The van der Waals surface area contributed by atoms with Crippen LogP contribution in [0.25, 0.3) is 0 Å². The average molecular weight is 194 g/mol. The Kier molecular flexibility index (Phi) is 2.56. The molecule has 0 radical (unpaired) electrons. The molecular formula is C10H11FN2O. The lowest BCUT2D eigenvalue weighted by Gasteiger charge is -2.08. The van der Waals surface area contributed by atoms with Crippen molar-refractivity contribution in [1.82, 2.24) is 10.9 Å². The molecule has 1 saturated heterocycles. The molecule has 1 aliphatic rings. The van der Waals surface area contributed by atoms with E-state index in [1.165, 1.54) is 12.1 Å².